The zero-order chi connectivity index (χ0) is 14.9. The van der Waals surface area contributed by atoms with Crippen LogP contribution in [0.2, 0.25) is 0 Å². The number of halogens is 4. The van der Waals surface area contributed by atoms with Gasteiger partial charge in [-0.2, -0.15) is 13.2 Å². The van der Waals surface area contributed by atoms with E-state index in [4.69, 9.17) is 10.9 Å². The zero-order valence-electron chi connectivity index (χ0n) is 9.89. The predicted octanol–water partition coefficient (Wildman–Crippen LogP) is 3.35. The number of oxime groups is 1. The van der Waals surface area contributed by atoms with E-state index in [-0.39, 0.29) is 10.3 Å². The van der Waals surface area contributed by atoms with Gasteiger partial charge in [0.15, 0.2) is 5.84 Å². The van der Waals surface area contributed by atoms with E-state index in [1.165, 1.54) is 10.6 Å². The number of amidine groups is 1. The third-order valence-corrected chi connectivity index (χ3v) is 3.29. The third kappa shape index (κ3) is 2.64. The van der Waals surface area contributed by atoms with Gasteiger partial charge in [0.05, 0.1) is 16.9 Å². The molecule has 0 spiro atoms. The summed E-state index contributed by atoms with van der Waals surface area (Å²) in [6.07, 6.45) is -2.81. The molecule has 0 aliphatic carbocycles. The predicted molar refractivity (Wildman–Crippen MR) is 71.0 cm³/mol. The second kappa shape index (κ2) is 5.20. The van der Waals surface area contributed by atoms with E-state index in [1.54, 1.807) is 18.3 Å². The van der Waals surface area contributed by atoms with Gasteiger partial charge in [0, 0.05) is 10.7 Å². The van der Waals surface area contributed by atoms with Crippen LogP contribution in [-0.2, 0) is 6.18 Å². The van der Waals surface area contributed by atoms with Crippen molar-refractivity contribution in [2.75, 3.05) is 0 Å². The molecular formula is C12H9BrF3N3O. The number of nitrogens with zero attached hydrogens (tertiary/aromatic N) is 2. The zero-order valence-corrected chi connectivity index (χ0v) is 11.5. The lowest BCUT2D eigenvalue weighted by atomic mass is 10.2. The quantitative estimate of drug-likeness (QED) is 0.378. The molecule has 1 heterocycles. The molecule has 2 aromatic rings. The molecule has 0 atom stereocenters. The monoisotopic (exact) mass is 347 g/mol. The Morgan fingerprint density at radius 3 is 2.55 bits per heavy atom. The highest BCUT2D eigenvalue weighted by Gasteiger charge is 2.31. The minimum absolute atomic E-state index is 0.137. The maximum atomic E-state index is 12.6. The van der Waals surface area contributed by atoms with Gasteiger partial charge in [-0.25, -0.2) is 0 Å². The first-order valence-corrected chi connectivity index (χ1v) is 6.16. The molecular weight excluding hydrogens is 339 g/mol. The molecule has 0 saturated carbocycles. The molecule has 20 heavy (non-hydrogen) atoms. The Morgan fingerprint density at radius 2 is 2.00 bits per heavy atom. The second-order valence-electron chi connectivity index (χ2n) is 3.91. The van der Waals surface area contributed by atoms with Crippen molar-refractivity contribution in [2.45, 2.75) is 6.18 Å². The van der Waals surface area contributed by atoms with Gasteiger partial charge in [-0.3, -0.25) is 0 Å². The van der Waals surface area contributed by atoms with Crippen LogP contribution in [0.4, 0.5) is 13.2 Å². The minimum atomic E-state index is -4.41. The molecule has 106 valence electrons. The fourth-order valence-corrected chi connectivity index (χ4v) is 2.30. The minimum Gasteiger partial charge on any atom is -0.409 e. The lowest BCUT2D eigenvalue weighted by molar-refractivity contribution is -0.137. The van der Waals surface area contributed by atoms with Gasteiger partial charge in [-0.1, -0.05) is 5.16 Å². The van der Waals surface area contributed by atoms with Crippen LogP contribution in [0.1, 0.15) is 11.3 Å². The van der Waals surface area contributed by atoms with Crippen molar-refractivity contribution in [3.8, 4) is 5.69 Å². The molecule has 0 aliphatic heterocycles. The summed E-state index contributed by atoms with van der Waals surface area (Å²) >= 11 is 3.10. The van der Waals surface area contributed by atoms with Crippen LogP contribution in [0.15, 0.2) is 46.2 Å². The van der Waals surface area contributed by atoms with E-state index in [2.05, 4.69) is 21.1 Å². The van der Waals surface area contributed by atoms with E-state index >= 15 is 0 Å². The molecule has 8 heteroatoms. The van der Waals surface area contributed by atoms with Crippen LogP contribution in [0, 0.1) is 0 Å². The molecule has 0 amide bonds. The number of hydrogen-bond acceptors (Lipinski definition) is 2. The van der Waals surface area contributed by atoms with E-state index in [9.17, 15) is 13.2 Å². The summed E-state index contributed by atoms with van der Waals surface area (Å²) in [5.41, 5.74) is 5.57. The molecule has 0 aliphatic rings. The molecule has 1 aromatic heterocycles. The van der Waals surface area contributed by atoms with Crippen molar-refractivity contribution >= 4 is 21.8 Å². The molecule has 0 fully saturated rings. The lowest BCUT2D eigenvalue weighted by Crippen LogP contribution is -2.17. The maximum absolute atomic E-state index is 12.6. The normalized spacial score (nSPS) is 12.7. The van der Waals surface area contributed by atoms with E-state index in [0.717, 1.165) is 12.1 Å². The Morgan fingerprint density at radius 1 is 1.30 bits per heavy atom. The summed E-state index contributed by atoms with van der Waals surface area (Å²) in [6.45, 7) is 0. The third-order valence-electron chi connectivity index (χ3n) is 2.65. The first-order valence-electron chi connectivity index (χ1n) is 5.37. The van der Waals surface area contributed by atoms with Crippen molar-refractivity contribution in [2.24, 2.45) is 10.9 Å². The summed E-state index contributed by atoms with van der Waals surface area (Å²) in [5, 5.41) is 11.6. The van der Waals surface area contributed by atoms with Gasteiger partial charge in [-0.05, 0) is 46.3 Å². The van der Waals surface area contributed by atoms with Crippen molar-refractivity contribution < 1.29 is 18.4 Å². The largest absolute Gasteiger partial charge is 0.416 e. The standard InChI is InChI=1S/C12H9BrF3N3O/c13-8-6-7(12(14,15)16)3-4-9(8)19-5-1-2-10(19)11(17)18-20/h1-6,20H,(H2,17,18). The summed E-state index contributed by atoms with van der Waals surface area (Å²) in [7, 11) is 0. The van der Waals surface area contributed by atoms with Gasteiger partial charge in [-0.15, -0.1) is 0 Å². The van der Waals surface area contributed by atoms with Crippen molar-refractivity contribution in [1.29, 1.82) is 0 Å². The Labute approximate surface area is 120 Å². The molecule has 0 radical (unpaired) electrons. The molecule has 2 rings (SSSR count). The second-order valence-corrected chi connectivity index (χ2v) is 4.77. The topological polar surface area (TPSA) is 63.5 Å². The number of benzene rings is 1. The average molecular weight is 348 g/mol. The van der Waals surface area contributed by atoms with E-state index < -0.39 is 11.7 Å². The van der Waals surface area contributed by atoms with Crippen LogP contribution in [0.25, 0.3) is 5.69 Å². The van der Waals surface area contributed by atoms with Crippen LogP contribution in [0.5, 0.6) is 0 Å². The van der Waals surface area contributed by atoms with E-state index in [1.807, 2.05) is 0 Å². The SMILES string of the molecule is N/C(=N/O)c1cccn1-c1ccc(C(F)(F)F)cc1Br. The average Bonchev–Trinajstić information content (AvgIpc) is 2.85. The van der Waals surface area contributed by atoms with Gasteiger partial charge in [0.25, 0.3) is 0 Å². The first-order chi connectivity index (χ1) is 9.34. The van der Waals surface area contributed by atoms with Gasteiger partial charge < -0.3 is 15.5 Å². The Kier molecular flexibility index (Phi) is 3.76. The van der Waals surface area contributed by atoms with Gasteiger partial charge in [0.1, 0.15) is 0 Å². The number of nitrogens with two attached hydrogens (primary N) is 1. The number of rotatable bonds is 2. The Hall–Kier alpha value is -1.96. The summed E-state index contributed by atoms with van der Waals surface area (Å²) < 4.78 is 39.6. The fraction of sp³-hybridized carbons (Fsp3) is 0.0833. The maximum Gasteiger partial charge on any atom is 0.416 e. The first kappa shape index (κ1) is 14.4. The van der Waals surface area contributed by atoms with E-state index in [0.29, 0.717) is 11.4 Å². The number of aromatic nitrogens is 1. The summed E-state index contributed by atoms with van der Waals surface area (Å²) in [4.78, 5) is 0. The highest BCUT2D eigenvalue weighted by atomic mass is 79.9. The smallest absolute Gasteiger partial charge is 0.409 e. The molecule has 0 saturated heterocycles. The Bertz CT molecular complexity index is 664. The Balaban J connectivity index is 2.53. The van der Waals surface area contributed by atoms with Gasteiger partial charge in [0.2, 0.25) is 0 Å². The molecule has 3 N–H and O–H groups in total. The van der Waals surface area contributed by atoms with Crippen molar-refractivity contribution in [3.63, 3.8) is 0 Å². The summed E-state index contributed by atoms with van der Waals surface area (Å²) in [5.74, 6) is -0.137. The summed E-state index contributed by atoms with van der Waals surface area (Å²) in [6, 6.07) is 6.47. The van der Waals surface area contributed by atoms with Crippen LogP contribution in [0.3, 0.4) is 0 Å². The van der Waals surface area contributed by atoms with Crippen LogP contribution >= 0.6 is 15.9 Å². The highest BCUT2D eigenvalue weighted by molar-refractivity contribution is 9.10. The molecule has 0 unspecified atom stereocenters. The van der Waals surface area contributed by atoms with Crippen molar-refractivity contribution in [3.05, 3.63) is 52.3 Å². The van der Waals surface area contributed by atoms with Gasteiger partial charge >= 0.3 is 6.18 Å². The van der Waals surface area contributed by atoms with Crippen molar-refractivity contribution in [1.82, 2.24) is 4.57 Å². The molecule has 0 bridgehead atoms. The van der Waals surface area contributed by atoms with Crippen LogP contribution in [-0.4, -0.2) is 15.6 Å². The lowest BCUT2D eigenvalue weighted by Gasteiger charge is -2.13. The fourth-order valence-electron chi connectivity index (χ4n) is 1.73. The van der Waals surface area contributed by atoms with Crippen LogP contribution < -0.4 is 5.73 Å². The molecule has 4 nitrogen and oxygen atoms in total. The molecule has 1 aromatic carbocycles. The number of alkyl halides is 3. The number of hydrogen-bond donors (Lipinski definition) is 2. The highest BCUT2D eigenvalue weighted by Crippen LogP contribution is 2.33.